The Morgan fingerprint density at radius 2 is 1.94 bits per heavy atom. The first kappa shape index (κ1) is 10.4. The Kier molecular flexibility index (Phi) is 2.39. The third kappa shape index (κ3) is 1.82. The van der Waals surface area contributed by atoms with Crippen molar-refractivity contribution in [2.45, 2.75) is 18.8 Å². The molecule has 0 spiro atoms. The Hall–Kier alpha value is -1.77. The number of fused-ring (bicyclic) bond motifs is 1. The first-order valence-corrected chi connectivity index (χ1v) is 5.84. The van der Waals surface area contributed by atoms with Gasteiger partial charge >= 0.3 is 0 Å². The van der Waals surface area contributed by atoms with E-state index in [-0.39, 0.29) is 0 Å². The lowest BCUT2D eigenvalue weighted by Crippen LogP contribution is -1.93. The number of benzene rings is 1. The summed E-state index contributed by atoms with van der Waals surface area (Å²) in [5, 5.41) is 1.04. The lowest BCUT2D eigenvalue weighted by atomic mass is 10.1. The summed E-state index contributed by atoms with van der Waals surface area (Å²) in [6.07, 6.45) is 2.48. The lowest BCUT2D eigenvalue weighted by Gasteiger charge is -2.09. The van der Waals surface area contributed by atoms with Crippen LogP contribution in [0.3, 0.4) is 0 Å². The summed E-state index contributed by atoms with van der Waals surface area (Å²) in [5.41, 5.74) is 2.09. The Labute approximate surface area is 100 Å². The average molecular weight is 229 g/mol. The van der Waals surface area contributed by atoms with Gasteiger partial charge in [-0.1, -0.05) is 0 Å². The fourth-order valence-electron chi connectivity index (χ4n) is 2.08. The maximum absolute atomic E-state index is 5.44. The molecule has 17 heavy (non-hydrogen) atoms. The molecule has 0 aliphatic heterocycles. The van der Waals surface area contributed by atoms with Crippen LogP contribution in [0.2, 0.25) is 0 Å². The number of ether oxygens (including phenoxy) is 2. The summed E-state index contributed by atoms with van der Waals surface area (Å²) >= 11 is 0. The van der Waals surface area contributed by atoms with Crippen LogP contribution in [0, 0.1) is 0 Å². The molecule has 0 amide bonds. The lowest BCUT2D eigenvalue weighted by molar-refractivity contribution is 0.414. The summed E-state index contributed by atoms with van der Waals surface area (Å²) in [7, 11) is 3.37. The van der Waals surface area contributed by atoms with Gasteiger partial charge in [-0.2, -0.15) is 0 Å². The van der Waals surface area contributed by atoms with Crippen LogP contribution >= 0.6 is 0 Å². The van der Waals surface area contributed by atoms with E-state index in [1.165, 1.54) is 12.8 Å². The van der Waals surface area contributed by atoms with E-state index in [1.807, 2.05) is 18.2 Å². The molecule has 0 N–H and O–H groups in total. The molecule has 0 bridgehead atoms. The van der Waals surface area contributed by atoms with Gasteiger partial charge in [0, 0.05) is 29.1 Å². The molecular weight excluding hydrogens is 214 g/mol. The standard InChI is InChI=1S/C14H15NO2/c1-16-10-5-6-11-13(7-10)15-12(9-3-4-9)8-14(11)17-2/h5-9H,3-4H2,1-2H3. The fourth-order valence-corrected chi connectivity index (χ4v) is 2.08. The van der Waals surface area contributed by atoms with Gasteiger partial charge in [0.1, 0.15) is 11.5 Å². The highest BCUT2D eigenvalue weighted by Crippen LogP contribution is 2.41. The van der Waals surface area contributed by atoms with Gasteiger partial charge in [-0.15, -0.1) is 0 Å². The maximum Gasteiger partial charge on any atom is 0.130 e. The highest BCUT2D eigenvalue weighted by molar-refractivity contribution is 5.86. The van der Waals surface area contributed by atoms with Crippen LogP contribution in [-0.2, 0) is 0 Å². The smallest absolute Gasteiger partial charge is 0.130 e. The average Bonchev–Trinajstić information content (AvgIpc) is 3.20. The molecule has 1 fully saturated rings. The zero-order chi connectivity index (χ0) is 11.8. The number of rotatable bonds is 3. The molecule has 0 unspecified atom stereocenters. The normalized spacial score (nSPS) is 14.9. The molecular formula is C14H15NO2. The Balaban J connectivity index is 2.21. The summed E-state index contributed by atoms with van der Waals surface area (Å²) in [5.74, 6) is 2.36. The van der Waals surface area contributed by atoms with E-state index >= 15 is 0 Å². The number of aromatic nitrogens is 1. The molecule has 1 saturated carbocycles. The van der Waals surface area contributed by atoms with Crippen LogP contribution in [-0.4, -0.2) is 19.2 Å². The second-order valence-corrected chi connectivity index (χ2v) is 4.41. The van der Waals surface area contributed by atoms with Crippen LogP contribution < -0.4 is 9.47 Å². The molecule has 88 valence electrons. The number of hydrogen-bond acceptors (Lipinski definition) is 3. The minimum atomic E-state index is 0.625. The van der Waals surface area contributed by atoms with Crippen LogP contribution in [0.25, 0.3) is 10.9 Å². The van der Waals surface area contributed by atoms with Crippen LogP contribution in [0.1, 0.15) is 24.5 Å². The van der Waals surface area contributed by atoms with E-state index < -0.39 is 0 Å². The van der Waals surface area contributed by atoms with Crippen molar-refractivity contribution in [2.24, 2.45) is 0 Å². The predicted octanol–water partition coefficient (Wildman–Crippen LogP) is 3.13. The van der Waals surface area contributed by atoms with Crippen LogP contribution in [0.15, 0.2) is 24.3 Å². The van der Waals surface area contributed by atoms with E-state index in [4.69, 9.17) is 14.5 Å². The van der Waals surface area contributed by atoms with Gasteiger partial charge in [-0.3, -0.25) is 4.98 Å². The molecule has 1 heterocycles. The Morgan fingerprint density at radius 3 is 2.59 bits per heavy atom. The number of nitrogens with zero attached hydrogens (tertiary/aromatic N) is 1. The van der Waals surface area contributed by atoms with Gasteiger partial charge in [-0.25, -0.2) is 0 Å². The summed E-state index contributed by atoms with van der Waals surface area (Å²) in [4.78, 5) is 4.69. The number of methoxy groups -OCH3 is 2. The van der Waals surface area contributed by atoms with Crippen molar-refractivity contribution >= 4 is 10.9 Å². The van der Waals surface area contributed by atoms with Gasteiger partial charge in [0.15, 0.2) is 0 Å². The molecule has 1 aliphatic rings. The molecule has 0 radical (unpaired) electrons. The van der Waals surface area contributed by atoms with Gasteiger partial charge in [-0.05, 0) is 25.0 Å². The van der Waals surface area contributed by atoms with Crippen molar-refractivity contribution in [3.05, 3.63) is 30.0 Å². The maximum atomic E-state index is 5.44. The van der Waals surface area contributed by atoms with E-state index in [9.17, 15) is 0 Å². The molecule has 0 atom stereocenters. The molecule has 0 saturated heterocycles. The SMILES string of the molecule is COc1ccc2c(OC)cc(C3CC3)nc2c1. The fraction of sp³-hybridized carbons (Fsp3) is 0.357. The minimum Gasteiger partial charge on any atom is -0.497 e. The highest BCUT2D eigenvalue weighted by atomic mass is 16.5. The Bertz CT molecular complexity index is 561. The molecule has 1 aromatic carbocycles. The van der Waals surface area contributed by atoms with Gasteiger partial charge < -0.3 is 9.47 Å². The second kappa shape index (κ2) is 3.91. The quantitative estimate of drug-likeness (QED) is 0.810. The second-order valence-electron chi connectivity index (χ2n) is 4.41. The van der Waals surface area contributed by atoms with Crippen molar-refractivity contribution < 1.29 is 9.47 Å². The number of pyridine rings is 1. The van der Waals surface area contributed by atoms with Crippen molar-refractivity contribution in [1.29, 1.82) is 0 Å². The minimum absolute atomic E-state index is 0.625. The summed E-state index contributed by atoms with van der Waals surface area (Å²) < 4.78 is 10.7. The third-order valence-corrected chi connectivity index (χ3v) is 3.21. The predicted molar refractivity (Wildman–Crippen MR) is 66.8 cm³/mol. The largest absolute Gasteiger partial charge is 0.497 e. The van der Waals surface area contributed by atoms with Crippen molar-refractivity contribution in [1.82, 2.24) is 4.98 Å². The monoisotopic (exact) mass is 229 g/mol. The number of hydrogen-bond donors (Lipinski definition) is 0. The topological polar surface area (TPSA) is 31.4 Å². The third-order valence-electron chi connectivity index (χ3n) is 3.21. The van der Waals surface area contributed by atoms with Crippen LogP contribution in [0.4, 0.5) is 0 Å². The first-order valence-electron chi connectivity index (χ1n) is 5.84. The summed E-state index contributed by atoms with van der Waals surface area (Å²) in [6.45, 7) is 0. The van der Waals surface area contributed by atoms with Gasteiger partial charge in [0.25, 0.3) is 0 Å². The first-order chi connectivity index (χ1) is 8.31. The zero-order valence-electron chi connectivity index (χ0n) is 10.1. The van der Waals surface area contributed by atoms with Crippen molar-refractivity contribution in [3.8, 4) is 11.5 Å². The summed E-state index contributed by atoms with van der Waals surface area (Å²) in [6, 6.07) is 7.95. The van der Waals surface area contributed by atoms with Gasteiger partial charge in [0.2, 0.25) is 0 Å². The molecule has 3 heteroatoms. The highest BCUT2D eigenvalue weighted by Gasteiger charge is 2.26. The Morgan fingerprint density at radius 1 is 1.12 bits per heavy atom. The van der Waals surface area contributed by atoms with Crippen molar-refractivity contribution in [2.75, 3.05) is 14.2 Å². The zero-order valence-corrected chi connectivity index (χ0v) is 10.1. The molecule has 3 nitrogen and oxygen atoms in total. The molecule has 3 rings (SSSR count). The van der Waals surface area contributed by atoms with E-state index in [2.05, 4.69) is 6.07 Å². The van der Waals surface area contributed by atoms with Gasteiger partial charge in [0.05, 0.1) is 19.7 Å². The molecule has 1 aliphatic carbocycles. The van der Waals surface area contributed by atoms with E-state index in [0.717, 1.165) is 28.1 Å². The molecule has 2 aromatic rings. The van der Waals surface area contributed by atoms with Crippen LogP contribution in [0.5, 0.6) is 11.5 Å². The van der Waals surface area contributed by atoms with E-state index in [1.54, 1.807) is 14.2 Å². The van der Waals surface area contributed by atoms with E-state index in [0.29, 0.717) is 5.92 Å². The van der Waals surface area contributed by atoms with Crippen molar-refractivity contribution in [3.63, 3.8) is 0 Å². The molecule has 1 aromatic heterocycles.